The highest BCUT2D eigenvalue weighted by atomic mass is 127. The van der Waals surface area contributed by atoms with E-state index in [-0.39, 0.29) is 6.10 Å². The zero-order valence-corrected chi connectivity index (χ0v) is 32.0. The molecule has 0 bridgehead atoms. The van der Waals surface area contributed by atoms with Crippen LogP contribution in [0, 0.1) is 0 Å². The van der Waals surface area contributed by atoms with Crippen LogP contribution >= 0.6 is 45.8 Å². The molecule has 13 heteroatoms. The molecule has 0 spiro atoms. The lowest BCUT2D eigenvalue weighted by atomic mass is 10.1. The molecule has 1 aromatic heterocycles. The van der Waals surface area contributed by atoms with E-state index in [9.17, 15) is 0 Å². The molecule has 3 saturated heterocycles. The van der Waals surface area contributed by atoms with Crippen LogP contribution in [0.5, 0.6) is 5.75 Å². The van der Waals surface area contributed by atoms with E-state index in [1.807, 2.05) is 29.0 Å². The Bertz CT molecular complexity index is 1750. The molecule has 0 aliphatic carbocycles. The predicted molar refractivity (Wildman–Crippen MR) is 209 cm³/mol. The Hall–Kier alpha value is -3.23. The lowest BCUT2D eigenvalue weighted by molar-refractivity contribution is -0.189. The van der Waals surface area contributed by atoms with Crippen LogP contribution in [0.1, 0.15) is 19.4 Å². The molecular weight excluding hydrogens is 788 g/mol. The molecule has 7 rings (SSSR count). The summed E-state index contributed by atoms with van der Waals surface area (Å²) in [6.45, 7) is 12.3. The van der Waals surface area contributed by atoms with Crippen LogP contribution in [-0.4, -0.2) is 94.5 Å². The lowest BCUT2D eigenvalue weighted by Gasteiger charge is -2.41. The van der Waals surface area contributed by atoms with Crippen molar-refractivity contribution in [2.24, 2.45) is 4.99 Å². The van der Waals surface area contributed by atoms with E-state index in [4.69, 9.17) is 42.4 Å². The summed E-state index contributed by atoms with van der Waals surface area (Å²) in [7, 11) is 0. The fourth-order valence-electron chi connectivity index (χ4n) is 6.80. The Morgan fingerprint density at radius 2 is 1.68 bits per heavy atom. The summed E-state index contributed by atoms with van der Waals surface area (Å²) in [6.07, 6.45) is 5.03. The van der Waals surface area contributed by atoms with Crippen molar-refractivity contribution in [1.82, 2.24) is 19.4 Å². The van der Waals surface area contributed by atoms with Crippen LogP contribution in [-0.2, 0) is 21.8 Å². The smallest absolute Gasteiger partial charge is 0.215 e. The van der Waals surface area contributed by atoms with Crippen LogP contribution < -0.4 is 14.5 Å². The van der Waals surface area contributed by atoms with Crippen molar-refractivity contribution < 1.29 is 14.2 Å². The van der Waals surface area contributed by atoms with Gasteiger partial charge in [-0.3, -0.25) is 0 Å². The van der Waals surface area contributed by atoms with Crippen LogP contribution in [0.25, 0.3) is 0 Å². The first-order chi connectivity index (χ1) is 24.3. The molecule has 3 fully saturated rings. The van der Waals surface area contributed by atoms with E-state index in [1.54, 1.807) is 24.7 Å². The number of guanidine groups is 1. The van der Waals surface area contributed by atoms with Gasteiger partial charge in [-0.2, -0.15) is 0 Å². The molecule has 3 aromatic carbocycles. The molecular formula is C37H42Cl2IN7O3. The minimum absolute atomic E-state index is 0.293. The minimum Gasteiger partial charge on any atom is -0.491 e. The second-order valence-corrected chi connectivity index (χ2v) is 14.9. The van der Waals surface area contributed by atoms with Gasteiger partial charge in [-0.15, -0.1) is 0 Å². The predicted octanol–water partition coefficient (Wildman–Crippen LogP) is 7.27. The summed E-state index contributed by atoms with van der Waals surface area (Å²) in [5.74, 6) is 0.782. The van der Waals surface area contributed by atoms with Gasteiger partial charge < -0.3 is 38.4 Å². The highest BCUT2D eigenvalue weighted by molar-refractivity contribution is 14.1. The van der Waals surface area contributed by atoms with Crippen LogP contribution in [0.3, 0.4) is 0 Å². The number of hydrogen-bond donors (Lipinski definition) is 0. The van der Waals surface area contributed by atoms with Crippen LogP contribution in [0.2, 0.25) is 10.0 Å². The van der Waals surface area contributed by atoms with Gasteiger partial charge in [0.05, 0.1) is 34.2 Å². The molecule has 10 nitrogen and oxygen atoms in total. The summed E-state index contributed by atoms with van der Waals surface area (Å²) >= 11 is 15.4. The number of aliphatic imine (C=N–C) groups is 1. The number of hydrogen-bond acceptors (Lipinski definition) is 7. The lowest BCUT2D eigenvalue weighted by Crippen LogP contribution is -2.50. The van der Waals surface area contributed by atoms with E-state index in [0.29, 0.717) is 33.9 Å². The summed E-state index contributed by atoms with van der Waals surface area (Å²) in [5, 5.41) is 1.04. The number of rotatable bonds is 11. The number of nitrogens with zero attached hydrogens (tertiary/aromatic N) is 7. The van der Waals surface area contributed by atoms with Crippen molar-refractivity contribution in [2.75, 3.05) is 68.8 Å². The quantitative estimate of drug-likeness (QED) is 0.0890. The Morgan fingerprint density at radius 3 is 2.34 bits per heavy atom. The summed E-state index contributed by atoms with van der Waals surface area (Å²) in [4.78, 5) is 18.8. The van der Waals surface area contributed by atoms with E-state index in [1.165, 1.54) is 11.4 Å². The summed E-state index contributed by atoms with van der Waals surface area (Å²) in [5.41, 5.74) is 4.13. The van der Waals surface area contributed by atoms with Gasteiger partial charge in [-0.25, -0.2) is 9.98 Å². The van der Waals surface area contributed by atoms with Gasteiger partial charge in [0.2, 0.25) is 11.7 Å². The number of halogens is 3. The maximum atomic E-state index is 6.62. The number of likely N-dealkylation sites (N-methyl/N-ethyl adjacent to an activating group) is 2. The van der Waals surface area contributed by atoms with Gasteiger partial charge in [-0.05, 0) is 74.5 Å². The average Bonchev–Trinajstić information content (AvgIpc) is 3.89. The van der Waals surface area contributed by atoms with Gasteiger partial charge in [0.1, 0.15) is 18.5 Å². The van der Waals surface area contributed by atoms with Crippen LogP contribution in [0.4, 0.5) is 17.1 Å². The van der Waals surface area contributed by atoms with Gasteiger partial charge in [0.25, 0.3) is 0 Å². The van der Waals surface area contributed by atoms with Gasteiger partial charge in [0, 0.05) is 80.2 Å². The van der Waals surface area contributed by atoms with E-state index in [2.05, 4.69) is 97.4 Å². The van der Waals surface area contributed by atoms with Crippen molar-refractivity contribution in [1.29, 1.82) is 0 Å². The molecule has 50 heavy (non-hydrogen) atoms. The molecule has 0 amide bonds. The Labute approximate surface area is 317 Å². The zero-order valence-electron chi connectivity index (χ0n) is 28.3. The number of benzene rings is 3. The first-order valence-corrected chi connectivity index (χ1v) is 19.1. The first-order valence-electron chi connectivity index (χ1n) is 17.1. The van der Waals surface area contributed by atoms with E-state index in [0.717, 1.165) is 68.8 Å². The Morgan fingerprint density at radius 1 is 0.940 bits per heavy atom. The third-order valence-corrected chi connectivity index (χ3v) is 11.1. The molecule has 0 saturated carbocycles. The van der Waals surface area contributed by atoms with E-state index < -0.39 is 5.79 Å². The third kappa shape index (κ3) is 7.67. The molecule has 3 aliphatic rings. The SMILES string of the molecule is CCN1CCN(CC)C1=Nc1ccc(N2CCN(c3ccc(OCC4COC(Cn5ccnc5)(c5ccc(Cl)cc5Cl)O4)cc3)CC2I)cc1. The first kappa shape index (κ1) is 35.2. The Kier molecular flexibility index (Phi) is 11.0. The minimum atomic E-state index is -1.09. The largest absolute Gasteiger partial charge is 0.491 e. The standard InChI is InChI=1S/C37H42Cl2IN7O3/c1-3-44-17-18-45(4-2)36(44)42-28-6-8-30(9-7-28)47-20-19-46(22-35(47)40)29-10-12-31(13-11-29)48-23-32-24-49-37(50-32,25-43-16-15-41-26-43)33-14-5-27(38)21-34(33)39/h5-16,21,26,32,35H,3-4,17-20,22-25H2,1-2H3. The summed E-state index contributed by atoms with van der Waals surface area (Å²) in [6, 6.07) is 22.4. The van der Waals surface area contributed by atoms with Crippen LogP contribution in [0.15, 0.2) is 90.4 Å². The monoisotopic (exact) mass is 829 g/mol. The number of imidazole rings is 1. The molecule has 264 valence electrons. The molecule has 4 aromatic rings. The fourth-order valence-corrected chi connectivity index (χ4v) is 8.43. The highest BCUT2D eigenvalue weighted by Crippen LogP contribution is 2.41. The van der Waals surface area contributed by atoms with Crippen molar-refractivity contribution in [3.63, 3.8) is 0 Å². The van der Waals surface area contributed by atoms with Gasteiger partial charge >= 0.3 is 0 Å². The third-order valence-electron chi connectivity index (χ3n) is 9.49. The Balaban J connectivity index is 0.936. The molecule has 3 aliphatic heterocycles. The average molecular weight is 831 g/mol. The number of piperazine rings is 1. The van der Waals surface area contributed by atoms with E-state index >= 15 is 0 Å². The number of ether oxygens (including phenoxy) is 3. The molecule has 3 unspecified atom stereocenters. The van der Waals surface area contributed by atoms with Crippen molar-refractivity contribution in [3.05, 3.63) is 101 Å². The van der Waals surface area contributed by atoms with Crippen molar-refractivity contribution in [2.45, 2.75) is 36.3 Å². The number of anilines is 2. The van der Waals surface area contributed by atoms with Gasteiger partial charge in [-0.1, -0.05) is 51.9 Å². The fraction of sp³-hybridized carbons (Fsp3) is 0.405. The normalized spacial score (nSPS) is 22.5. The molecule has 4 heterocycles. The maximum absolute atomic E-state index is 6.62. The molecule has 0 N–H and O–H groups in total. The zero-order chi connectivity index (χ0) is 34.7. The molecule has 0 radical (unpaired) electrons. The summed E-state index contributed by atoms with van der Waals surface area (Å²) < 4.78 is 21.3. The maximum Gasteiger partial charge on any atom is 0.215 e. The number of aromatic nitrogens is 2. The topological polar surface area (TPSA) is 70.8 Å². The molecule has 3 atom stereocenters. The highest BCUT2D eigenvalue weighted by Gasteiger charge is 2.45. The van der Waals surface area contributed by atoms with Gasteiger partial charge in [0.15, 0.2) is 0 Å². The van der Waals surface area contributed by atoms with Crippen molar-refractivity contribution in [3.8, 4) is 5.75 Å². The number of alkyl halides is 1. The van der Waals surface area contributed by atoms with Crippen molar-refractivity contribution >= 4 is 68.8 Å². The second-order valence-electron chi connectivity index (χ2n) is 12.6. The second kappa shape index (κ2) is 15.6.